The summed E-state index contributed by atoms with van der Waals surface area (Å²) in [5.41, 5.74) is 0.432. The Morgan fingerprint density at radius 1 is 1.02 bits per heavy atom. The molecule has 292 valence electrons. The van der Waals surface area contributed by atoms with Gasteiger partial charge in [-0.3, -0.25) is 4.79 Å². The summed E-state index contributed by atoms with van der Waals surface area (Å²) in [5.74, 6) is -2.54. The maximum Gasteiger partial charge on any atom is 0.312 e. The summed E-state index contributed by atoms with van der Waals surface area (Å²) < 4.78 is 44.6. The van der Waals surface area contributed by atoms with Crippen LogP contribution in [-0.2, 0) is 42.8 Å². The Balaban J connectivity index is 1.40. The van der Waals surface area contributed by atoms with Gasteiger partial charge in [0.25, 0.3) is 0 Å². The molecule has 2 N–H and O–H groups in total. The summed E-state index contributed by atoms with van der Waals surface area (Å²) in [4.78, 5) is 19.7. The number of fused-ring (bicyclic) bond motifs is 2. The van der Waals surface area contributed by atoms with Gasteiger partial charge in [0.2, 0.25) is 0 Å². The normalized spacial score (nSPS) is 50.8. The number of rotatable bonds is 4. The highest BCUT2D eigenvalue weighted by atomic mass is 16.7. The van der Waals surface area contributed by atoms with Crippen molar-refractivity contribution in [3.8, 4) is 0 Å². The van der Waals surface area contributed by atoms with Crippen molar-refractivity contribution in [2.24, 2.45) is 34.7 Å². The standard InChI is InChI=1S/C40H61NO11/c1-21-15-16-39(51-26(21)6)19-30-17-29(52-39)14-13-23(3)36(50-32-18-31(45-8)35(42)27(7)48-32)22(2)11-10-12-28-20-47-37-34(41-46-9)25(5)24(4)33(38(43)49-30)40(28,37)44/h10-13,21-22,24-27,29-33,35-37,42,44H,14-20H2,1-9H3/b11-10+,23-13+,28-12+,41-34-. The second-order valence-electron chi connectivity index (χ2n) is 16.3. The number of hydrogen-bond donors (Lipinski definition) is 2. The Kier molecular flexibility index (Phi) is 12.1. The topological polar surface area (TPSA) is 144 Å². The van der Waals surface area contributed by atoms with Crippen molar-refractivity contribution in [1.82, 2.24) is 0 Å². The van der Waals surface area contributed by atoms with Crippen molar-refractivity contribution in [3.05, 3.63) is 35.5 Å². The summed E-state index contributed by atoms with van der Waals surface area (Å²) in [5, 5.41) is 27.7. The van der Waals surface area contributed by atoms with Crippen LogP contribution in [0.1, 0.15) is 87.0 Å². The quantitative estimate of drug-likeness (QED) is 0.229. The third kappa shape index (κ3) is 7.56. The second-order valence-corrected chi connectivity index (χ2v) is 16.3. The van der Waals surface area contributed by atoms with Gasteiger partial charge in [0.1, 0.15) is 31.0 Å². The van der Waals surface area contributed by atoms with Gasteiger partial charge in [-0.05, 0) is 56.6 Å². The number of hydrogen-bond acceptors (Lipinski definition) is 12. The summed E-state index contributed by atoms with van der Waals surface area (Å²) in [6.07, 6.45) is 7.14. The fourth-order valence-electron chi connectivity index (χ4n) is 9.32. The first-order valence-electron chi connectivity index (χ1n) is 19.3. The van der Waals surface area contributed by atoms with E-state index >= 15 is 0 Å². The minimum atomic E-state index is -1.70. The molecule has 0 aromatic rings. The maximum absolute atomic E-state index is 14.5. The predicted molar refractivity (Wildman–Crippen MR) is 192 cm³/mol. The average molecular weight is 732 g/mol. The van der Waals surface area contributed by atoms with Crippen LogP contribution in [0.5, 0.6) is 0 Å². The Hall–Kier alpha value is -2.16. The van der Waals surface area contributed by atoms with Crippen molar-refractivity contribution >= 4 is 11.7 Å². The highest BCUT2D eigenvalue weighted by Crippen LogP contribution is 2.50. The van der Waals surface area contributed by atoms with Crippen LogP contribution in [0.25, 0.3) is 0 Å². The van der Waals surface area contributed by atoms with Gasteiger partial charge < -0.3 is 48.2 Å². The van der Waals surface area contributed by atoms with E-state index in [1.54, 1.807) is 7.11 Å². The average Bonchev–Trinajstić information content (AvgIpc) is 3.42. The van der Waals surface area contributed by atoms with E-state index in [9.17, 15) is 15.0 Å². The Morgan fingerprint density at radius 3 is 2.50 bits per heavy atom. The van der Waals surface area contributed by atoms with Crippen LogP contribution in [-0.4, -0.2) is 109 Å². The van der Waals surface area contributed by atoms with Crippen LogP contribution in [0, 0.1) is 29.6 Å². The van der Waals surface area contributed by atoms with Crippen molar-refractivity contribution in [2.45, 2.75) is 154 Å². The molecule has 5 heterocycles. The van der Waals surface area contributed by atoms with Crippen LogP contribution in [0.3, 0.4) is 0 Å². The van der Waals surface area contributed by atoms with Crippen molar-refractivity contribution in [3.63, 3.8) is 0 Å². The SMILES string of the molecule is CO/N=C1/C(C)C(C)C2C(=O)OC3CC(C/C=C(\C)C(OC4CC(OC)C(O)C(C)O4)C(C)/C=C/C=C4\COC1C42O)OC1(CCC(C)C(C)O1)C3. The van der Waals surface area contributed by atoms with E-state index in [0.29, 0.717) is 49.3 Å². The van der Waals surface area contributed by atoms with Gasteiger partial charge in [-0.2, -0.15) is 0 Å². The van der Waals surface area contributed by atoms with E-state index in [0.717, 1.165) is 12.0 Å². The van der Waals surface area contributed by atoms with Gasteiger partial charge >= 0.3 is 5.97 Å². The van der Waals surface area contributed by atoms with Crippen LogP contribution in [0.4, 0.5) is 0 Å². The smallest absolute Gasteiger partial charge is 0.312 e. The molecule has 1 saturated carbocycles. The number of carbonyl (C=O) groups is 1. The highest BCUT2D eigenvalue weighted by Gasteiger charge is 2.64. The lowest BCUT2D eigenvalue weighted by atomic mass is 9.61. The number of nitrogens with zero attached hydrogens (tertiary/aromatic N) is 1. The molecular formula is C40H61NO11. The molecule has 5 fully saturated rings. The Bertz CT molecular complexity index is 1410. The van der Waals surface area contributed by atoms with Gasteiger partial charge in [-0.15, -0.1) is 0 Å². The van der Waals surface area contributed by atoms with Crippen LogP contribution in [0.2, 0.25) is 0 Å². The van der Waals surface area contributed by atoms with Crippen LogP contribution >= 0.6 is 0 Å². The molecule has 0 aromatic carbocycles. The first-order chi connectivity index (χ1) is 24.7. The first kappa shape index (κ1) is 39.5. The third-order valence-electron chi connectivity index (χ3n) is 12.8. The number of allylic oxidation sites excluding steroid dienone is 2. The van der Waals surface area contributed by atoms with E-state index in [2.05, 4.69) is 32.0 Å². The van der Waals surface area contributed by atoms with E-state index in [4.69, 9.17) is 38.0 Å². The Labute approximate surface area is 308 Å². The zero-order valence-corrected chi connectivity index (χ0v) is 32.4. The summed E-state index contributed by atoms with van der Waals surface area (Å²) in [6, 6.07) is 0. The Morgan fingerprint density at radius 2 is 1.79 bits per heavy atom. The number of carbonyl (C=O) groups excluding carboxylic acids is 1. The molecular weight excluding hydrogens is 670 g/mol. The lowest BCUT2D eigenvalue weighted by Gasteiger charge is -2.50. The largest absolute Gasteiger partial charge is 0.462 e. The van der Waals surface area contributed by atoms with Gasteiger partial charge in [-0.1, -0.05) is 57.2 Å². The molecule has 0 amide bonds. The molecule has 12 nitrogen and oxygen atoms in total. The molecule has 5 aliphatic heterocycles. The highest BCUT2D eigenvalue weighted by molar-refractivity contribution is 5.96. The zero-order chi connectivity index (χ0) is 37.5. The van der Waals surface area contributed by atoms with Gasteiger partial charge in [0, 0.05) is 44.6 Å². The molecule has 52 heavy (non-hydrogen) atoms. The number of aliphatic hydroxyl groups is 2. The number of oxime groups is 1. The fraction of sp³-hybridized carbons (Fsp3) is 0.800. The number of aliphatic hydroxyl groups excluding tert-OH is 1. The van der Waals surface area contributed by atoms with E-state index in [-0.39, 0.29) is 42.7 Å². The van der Waals surface area contributed by atoms with Gasteiger partial charge in [0.05, 0.1) is 48.8 Å². The van der Waals surface area contributed by atoms with E-state index in [1.807, 2.05) is 45.9 Å². The van der Waals surface area contributed by atoms with Crippen molar-refractivity contribution in [2.75, 3.05) is 20.8 Å². The molecule has 12 heteroatoms. The van der Waals surface area contributed by atoms with Gasteiger partial charge in [0.15, 0.2) is 12.1 Å². The summed E-state index contributed by atoms with van der Waals surface area (Å²) in [7, 11) is 3.06. The predicted octanol–water partition coefficient (Wildman–Crippen LogP) is 5.01. The number of methoxy groups -OCH3 is 1. The molecule has 16 atom stereocenters. The van der Waals surface area contributed by atoms with E-state index < -0.39 is 60.1 Å². The fourth-order valence-corrected chi connectivity index (χ4v) is 9.32. The molecule has 4 saturated heterocycles. The van der Waals surface area contributed by atoms with Crippen molar-refractivity contribution < 1.29 is 53.0 Å². The molecule has 0 aromatic heterocycles. The molecule has 1 aliphatic carbocycles. The monoisotopic (exact) mass is 731 g/mol. The maximum atomic E-state index is 14.5. The number of esters is 1. The molecule has 1 spiro atoms. The molecule has 6 aliphatic rings. The summed E-state index contributed by atoms with van der Waals surface area (Å²) in [6.45, 7) is 14.3. The zero-order valence-electron chi connectivity index (χ0n) is 32.4. The third-order valence-corrected chi connectivity index (χ3v) is 12.8. The second kappa shape index (κ2) is 15.9. The first-order valence-corrected chi connectivity index (χ1v) is 19.3. The molecule has 2 bridgehead atoms. The lowest BCUT2D eigenvalue weighted by molar-refractivity contribution is -0.332. The summed E-state index contributed by atoms with van der Waals surface area (Å²) >= 11 is 0. The van der Waals surface area contributed by atoms with Crippen LogP contribution in [0.15, 0.2) is 40.6 Å². The van der Waals surface area contributed by atoms with Crippen LogP contribution < -0.4 is 0 Å². The molecule has 16 unspecified atom stereocenters. The molecule has 0 radical (unpaired) electrons. The lowest BCUT2D eigenvalue weighted by Crippen LogP contribution is -2.63. The minimum absolute atomic E-state index is 0.0146. The number of ether oxygens (including phenoxy) is 7. The van der Waals surface area contributed by atoms with E-state index in [1.165, 1.54) is 7.11 Å². The minimum Gasteiger partial charge on any atom is -0.462 e. The van der Waals surface area contributed by atoms with Crippen molar-refractivity contribution in [1.29, 1.82) is 0 Å². The van der Waals surface area contributed by atoms with Gasteiger partial charge in [-0.25, -0.2) is 0 Å². The molecule has 6 rings (SSSR count).